The summed E-state index contributed by atoms with van der Waals surface area (Å²) < 4.78 is 26.9. The number of aliphatic hydroxyl groups is 1. The van der Waals surface area contributed by atoms with Crippen molar-refractivity contribution in [2.45, 2.75) is 39.3 Å². The molecule has 0 aliphatic heterocycles. The van der Waals surface area contributed by atoms with E-state index in [0.29, 0.717) is 11.2 Å². The summed E-state index contributed by atoms with van der Waals surface area (Å²) in [4.78, 5) is 19.5. The maximum Gasteiger partial charge on any atom is 0.263 e. The zero-order valence-electron chi connectivity index (χ0n) is 15.9. The zero-order chi connectivity index (χ0) is 20.4. The van der Waals surface area contributed by atoms with E-state index in [1.54, 1.807) is 36.0 Å². The zero-order valence-corrected chi connectivity index (χ0v) is 15.9. The van der Waals surface area contributed by atoms with Crippen molar-refractivity contribution in [3.05, 3.63) is 51.4 Å². The van der Waals surface area contributed by atoms with Crippen LogP contribution in [0.25, 0.3) is 11.0 Å². The molecule has 150 valence electrons. The molecule has 28 heavy (non-hydrogen) atoms. The number of nitrogens with zero attached hydrogens (tertiary/aromatic N) is 3. The van der Waals surface area contributed by atoms with Crippen LogP contribution < -0.4 is 10.9 Å². The highest BCUT2D eigenvalue weighted by molar-refractivity contribution is 5.78. The standard InChI is InChI=1S/C19H23F2N5O2/c1-10(2)16(12-6-4-11(5-7-12)8-14(20)21)26-17-15(13(9-27)25-26)18(28)24-19(22-3)23-17/h4-7,10,14,16,27H,8-9H2,1-3H3,(H2,22,23,24,28). The minimum atomic E-state index is -2.40. The lowest BCUT2D eigenvalue weighted by atomic mass is 9.95. The Labute approximate surface area is 160 Å². The molecule has 3 N–H and O–H groups in total. The third kappa shape index (κ3) is 3.75. The first-order valence-electron chi connectivity index (χ1n) is 9.02. The fourth-order valence-corrected chi connectivity index (χ4v) is 3.38. The van der Waals surface area contributed by atoms with Crippen LogP contribution in [-0.2, 0) is 13.0 Å². The van der Waals surface area contributed by atoms with Crippen molar-refractivity contribution >= 4 is 17.0 Å². The number of hydrogen-bond donors (Lipinski definition) is 3. The van der Waals surface area contributed by atoms with Crippen molar-refractivity contribution in [2.75, 3.05) is 12.4 Å². The molecule has 0 aliphatic rings. The van der Waals surface area contributed by atoms with Crippen LogP contribution in [0.3, 0.4) is 0 Å². The number of aromatic amines is 1. The average Bonchev–Trinajstić information content (AvgIpc) is 3.01. The van der Waals surface area contributed by atoms with Crippen LogP contribution in [0.4, 0.5) is 14.7 Å². The van der Waals surface area contributed by atoms with Gasteiger partial charge in [0, 0.05) is 13.5 Å². The maximum absolute atomic E-state index is 12.6. The molecule has 3 aromatic rings. The predicted molar refractivity (Wildman–Crippen MR) is 103 cm³/mol. The number of alkyl halides is 2. The molecular formula is C19H23F2N5O2. The minimum Gasteiger partial charge on any atom is -0.390 e. The number of nitrogens with one attached hydrogen (secondary N) is 2. The number of aliphatic hydroxyl groups excluding tert-OH is 1. The van der Waals surface area contributed by atoms with Gasteiger partial charge >= 0.3 is 0 Å². The number of rotatable bonds is 7. The predicted octanol–water partition coefficient (Wildman–Crippen LogP) is 2.71. The van der Waals surface area contributed by atoms with Crippen LogP contribution in [-0.4, -0.2) is 38.3 Å². The van der Waals surface area contributed by atoms with Crippen molar-refractivity contribution in [3.63, 3.8) is 0 Å². The summed E-state index contributed by atoms with van der Waals surface area (Å²) in [5.74, 6) is 0.354. The Kier molecular flexibility index (Phi) is 5.73. The summed E-state index contributed by atoms with van der Waals surface area (Å²) in [6.07, 6.45) is -2.70. The number of halogens is 2. The summed E-state index contributed by atoms with van der Waals surface area (Å²) in [6, 6.07) is 6.65. The molecule has 0 spiro atoms. The van der Waals surface area contributed by atoms with E-state index in [0.717, 1.165) is 5.56 Å². The van der Waals surface area contributed by atoms with Crippen LogP contribution in [0.2, 0.25) is 0 Å². The lowest BCUT2D eigenvalue weighted by Gasteiger charge is -2.23. The van der Waals surface area contributed by atoms with Gasteiger partial charge in [0.25, 0.3) is 5.56 Å². The van der Waals surface area contributed by atoms with Crippen molar-refractivity contribution in [1.82, 2.24) is 19.7 Å². The van der Waals surface area contributed by atoms with E-state index in [-0.39, 0.29) is 41.0 Å². The maximum atomic E-state index is 12.6. The van der Waals surface area contributed by atoms with Gasteiger partial charge in [0.15, 0.2) is 5.65 Å². The highest BCUT2D eigenvalue weighted by Gasteiger charge is 2.25. The number of aromatic nitrogens is 4. The van der Waals surface area contributed by atoms with Gasteiger partial charge < -0.3 is 10.4 Å². The van der Waals surface area contributed by atoms with Gasteiger partial charge in [-0.05, 0) is 17.0 Å². The van der Waals surface area contributed by atoms with Gasteiger partial charge in [-0.25, -0.2) is 13.5 Å². The second kappa shape index (κ2) is 8.05. The van der Waals surface area contributed by atoms with E-state index in [1.165, 1.54) is 0 Å². The van der Waals surface area contributed by atoms with Crippen molar-refractivity contribution in [2.24, 2.45) is 5.92 Å². The molecule has 1 atom stereocenters. The van der Waals surface area contributed by atoms with E-state index in [1.807, 2.05) is 13.8 Å². The number of anilines is 1. The first-order valence-corrected chi connectivity index (χ1v) is 9.02. The summed E-state index contributed by atoms with van der Waals surface area (Å²) in [5, 5.41) is 17.2. The highest BCUT2D eigenvalue weighted by Crippen LogP contribution is 2.30. The fourth-order valence-electron chi connectivity index (χ4n) is 3.38. The Bertz CT molecular complexity index is 1010. The molecule has 0 radical (unpaired) electrons. The van der Waals surface area contributed by atoms with E-state index in [2.05, 4.69) is 20.4 Å². The third-order valence-electron chi connectivity index (χ3n) is 4.63. The molecule has 3 rings (SSSR count). The quantitative estimate of drug-likeness (QED) is 0.576. The van der Waals surface area contributed by atoms with Crippen molar-refractivity contribution in [3.8, 4) is 0 Å². The van der Waals surface area contributed by atoms with E-state index < -0.39 is 13.0 Å². The van der Waals surface area contributed by atoms with Gasteiger partial charge in [-0.1, -0.05) is 38.1 Å². The molecule has 0 saturated carbocycles. The largest absolute Gasteiger partial charge is 0.390 e. The molecule has 1 unspecified atom stereocenters. The molecule has 0 fully saturated rings. The minimum absolute atomic E-state index is 0.0646. The molecule has 7 nitrogen and oxygen atoms in total. The smallest absolute Gasteiger partial charge is 0.263 e. The topological polar surface area (TPSA) is 95.8 Å². The lowest BCUT2D eigenvalue weighted by Crippen LogP contribution is -2.20. The monoisotopic (exact) mass is 391 g/mol. The first kappa shape index (κ1) is 19.9. The molecule has 2 aromatic heterocycles. The first-order chi connectivity index (χ1) is 13.3. The summed E-state index contributed by atoms with van der Waals surface area (Å²) in [7, 11) is 1.64. The van der Waals surface area contributed by atoms with Gasteiger partial charge in [-0.3, -0.25) is 9.78 Å². The molecule has 0 bridgehead atoms. The highest BCUT2D eigenvalue weighted by atomic mass is 19.3. The van der Waals surface area contributed by atoms with E-state index in [9.17, 15) is 18.7 Å². The average molecular weight is 391 g/mol. The molecule has 2 heterocycles. The summed E-state index contributed by atoms with van der Waals surface area (Å²) >= 11 is 0. The summed E-state index contributed by atoms with van der Waals surface area (Å²) in [6.45, 7) is 3.59. The molecular weight excluding hydrogens is 368 g/mol. The van der Waals surface area contributed by atoms with Crippen molar-refractivity contribution < 1.29 is 13.9 Å². The lowest BCUT2D eigenvalue weighted by molar-refractivity contribution is 0.149. The number of benzene rings is 1. The Morgan fingerprint density at radius 3 is 2.46 bits per heavy atom. The number of H-pyrrole nitrogens is 1. The van der Waals surface area contributed by atoms with Crippen LogP contribution >= 0.6 is 0 Å². The second-order valence-corrected chi connectivity index (χ2v) is 6.94. The van der Waals surface area contributed by atoms with Gasteiger partial charge in [0.2, 0.25) is 12.4 Å². The number of hydrogen-bond acceptors (Lipinski definition) is 5. The van der Waals surface area contributed by atoms with E-state index in [4.69, 9.17) is 0 Å². The SMILES string of the molecule is CNc1nc2c(c(CO)nn2C(c2ccc(CC(F)F)cc2)C(C)C)c(=O)[nH]1. The summed E-state index contributed by atoms with van der Waals surface area (Å²) in [5.41, 5.74) is 1.61. The second-order valence-electron chi connectivity index (χ2n) is 6.94. The Hall–Kier alpha value is -2.81. The van der Waals surface area contributed by atoms with Crippen LogP contribution in [0.5, 0.6) is 0 Å². The molecule has 0 saturated heterocycles. The van der Waals surface area contributed by atoms with Gasteiger partial charge in [0.1, 0.15) is 11.1 Å². The fraction of sp³-hybridized carbons (Fsp3) is 0.421. The van der Waals surface area contributed by atoms with Crippen LogP contribution in [0.15, 0.2) is 29.1 Å². The Balaban J connectivity index is 2.16. The molecule has 0 amide bonds. The Morgan fingerprint density at radius 2 is 1.93 bits per heavy atom. The van der Waals surface area contributed by atoms with Crippen LogP contribution in [0.1, 0.15) is 36.7 Å². The Morgan fingerprint density at radius 1 is 1.25 bits per heavy atom. The van der Waals surface area contributed by atoms with Crippen LogP contribution in [0, 0.1) is 5.92 Å². The molecule has 0 aliphatic carbocycles. The van der Waals surface area contributed by atoms with E-state index >= 15 is 0 Å². The van der Waals surface area contributed by atoms with Crippen molar-refractivity contribution in [1.29, 1.82) is 0 Å². The van der Waals surface area contributed by atoms with Gasteiger partial charge in [-0.2, -0.15) is 10.1 Å². The third-order valence-corrected chi connectivity index (χ3v) is 4.63. The molecule has 9 heteroatoms. The van der Waals surface area contributed by atoms with Gasteiger partial charge in [-0.15, -0.1) is 0 Å². The molecule has 1 aromatic carbocycles. The normalized spacial score (nSPS) is 12.9. The number of fused-ring (bicyclic) bond motifs is 1. The van der Waals surface area contributed by atoms with Gasteiger partial charge in [0.05, 0.1) is 12.6 Å².